The van der Waals surface area contributed by atoms with Crippen molar-refractivity contribution in [2.75, 3.05) is 0 Å². The van der Waals surface area contributed by atoms with E-state index in [9.17, 15) is 0 Å². The van der Waals surface area contributed by atoms with Gasteiger partial charge in [-0.05, 0) is 53.9 Å². The summed E-state index contributed by atoms with van der Waals surface area (Å²) in [6.45, 7) is 0. The quantitative estimate of drug-likeness (QED) is 0.669. The van der Waals surface area contributed by atoms with Gasteiger partial charge in [-0.25, -0.2) is 4.98 Å². The van der Waals surface area contributed by atoms with Crippen LogP contribution in [0, 0.1) is 0 Å². The third-order valence-corrected chi connectivity index (χ3v) is 3.03. The fourth-order valence-electron chi connectivity index (χ4n) is 0.391. The zero-order valence-electron chi connectivity index (χ0n) is 4.24. The van der Waals surface area contributed by atoms with Crippen LogP contribution in [0.1, 0.15) is 0 Å². The van der Waals surface area contributed by atoms with E-state index in [0.717, 1.165) is 13.5 Å². The molecule has 4 heteroatoms. The highest BCUT2D eigenvalue weighted by Crippen LogP contribution is 2.23. The molecule has 0 N–H and O–H groups in total. The molecule has 1 aromatic rings. The van der Waals surface area contributed by atoms with Crippen molar-refractivity contribution in [1.29, 1.82) is 0 Å². The molecule has 0 aliphatic rings. The molecule has 0 aliphatic heterocycles. The molecule has 0 aliphatic carbocycles. The highest BCUT2D eigenvalue weighted by Gasteiger charge is 1.95. The molecule has 0 bridgehead atoms. The van der Waals surface area contributed by atoms with Crippen LogP contribution in [0.3, 0.4) is 0 Å². The van der Waals surface area contributed by atoms with Crippen molar-refractivity contribution in [2.24, 2.45) is 0 Å². The standard InChI is InChI=1S/C5H2Br3N/c6-3-1-5(8)9-2-4(3)7/h1-2H. The maximum absolute atomic E-state index is 3.98. The minimum absolute atomic E-state index is 0.831. The Morgan fingerprint density at radius 3 is 2.22 bits per heavy atom. The summed E-state index contributed by atoms with van der Waals surface area (Å²) in [6, 6.07) is 1.88. The molecule has 0 atom stereocenters. The van der Waals surface area contributed by atoms with Gasteiger partial charge in [-0.1, -0.05) is 0 Å². The van der Waals surface area contributed by atoms with Crippen LogP contribution in [0.4, 0.5) is 0 Å². The predicted molar refractivity (Wildman–Crippen MR) is 47.3 cm³/mol. The van der Waals surface area contributed by atoms with Crippen LogP contribution in [-0.4, -0.2) is 4.98 Å². The first-order valence-corrected chi connectivity index (χ1v) is 4.54. The number of pyridine rings is 1. The second-order valence-corrected chi connectivity index (χ2v) is 3.94. The van der Waals surface area contributed by atoms with Crippen LogP contribution in [-0.2, 0) is 0 Å². The summed E-state index contributed by atoms with van der Waals surface area (Å²) in [6.07, 6.45) is 1.73. The van der Waals surface area contributed by atoms with Gasteiger partial charge in [-0.2, -0.15) is 0 Å². The second kappa shape index (κ2) is 3.12. The van der Waals surface area contributed by atoms with Crippen molar-refractivity contribution in [3.05, 3.63) is 25.8 Å². The van der Waals surface area contributed by atoms with Crippen LogP contribution >= 0.6 is 47.8 Å². The van der Waals surface area contributed by atoms with Crippen molar-refractivity contribution in [2.45, 2.75) is 0 Å². The van der Waals surface area contributed by atoms with Crippen LogP contribution in [0.15, 0.2) is 25.8 Å². The SMILES string of the molecule is Brc1cc(Br)c(Br)cn1. The molecule has 0 aromatic carbocycles. The average molecular weight is 316 g/mol. The van der Waals surface area contributed by atoms with Crippen molar-refractivity contribution < 1.29 is 0 Å². The maximum Gasteiger partial charge on any atom is 0.107 e. The van der Waals surface area contributed by atoms with E-state index in [-0.39, 0.29) is 0 Å². The fourth-order valence-corrected chi connectivity index (χ4v) is 1.57. The largest absolute Gasteiger partial charge is 0.248 e. The Hall–Kier alpha value is 0.590. The monoisotopic (exact) mass is 313 g/mol. The van der Waals surface area contributed by atoms with Gasteiger partial charge in [0.25, 0.3) is 0 Å². The minimum atomic E-state index is 0.831. The summed E-state index contributed by atoms with van der Waals surface area (Å²) in [5.41, 5.74) is 0. The molecule has 1 heterocycles. The lowest BCUT2D eigenvalue weighted by atomic mass is 10.5. The van der Waals surface area contributed by atoms with E-state index in [4.69, 9.17) is 0 Å². The highest BCUT2D eigenvalue weighted by molar-refractivity contribution is 9.13. The van der Waals surface area contributed by atoms with Gasteiger partial charge in [0.05, 0.1) is 4.47 Å². The van der Waals surface area contributed by atoms with E-state index >= 15 is 0 Å². The molecule has 0 spiro atoms. The molecule has 1 rings (SSSR count). The molecule has 0 saturated carbocycles. The lowest BCUT2D eigenvalue weighted by Crippen LogP contribution is -1.74. The Kier molecular flexibility index (Phi) is 2.67. The molecule has 1 aromatic heterocycles. The van der Waals surface area contributed by atoms with Crippen molar-refractivity contribution >= 4 is 47.8 Å². The number of rotatable bonds is 0. The molecule has 0 amide bonds. The normalized spacial score (nSPS) is 9.67. The minimum Gasteiger partial charge on any atom is -0.248 e. The lowest BCUT2D eigenvalue weighted by molar-refractivity contribution is 1.25. The Bertz CT molecular complexity index is 223. The first kappa shape index (κ1) is 7.69. The van der Waals surface area contributed by atoms with E-state index in [1.165, 1.54) is 0 Å². The maximum atomic E-state index is 3.98. The summed E-state index contributed by atoms with van der Waals surface area (Å²) in [5.74, 6) is 0. The van der Waals surface area contributed by atoms with Gasteiger partial charge in [-0.3, -0.25) is 0 Å². The topological polar surface area (TPSA) is 12.9 Å². The molecule has 0 unspecified atom stereocenters. The first-order valence-electron chi connectivity index (χ1n) is 2.16. The Balaban J connectivity index is 3.17. The van der Waals surface area contributed by atoms with Crippen LogP contribution in [0.2, 0.25) is 0 Å². The molecular weight excluding hydrogens is 314 g/mol. The van der Waals surface area contributed by atoms with Crippen molar-refractivity contribution in [3.63, 3.8) is 0 Å². The zero-order valence-corrected chi connectivity index (χ0v) is 8.99. The van der Waals surface area contributed by atoms with Gasteiger partial charge >= 0.3 is 0 Å². The molecular formula is C5H2Br3N. The Morgan fingerprint density at radius 2 is 1.78 bits per heavy atom. The summed E-state index contributed by atoms with van der Waals surface area (Å²) in [5, 5.41) is 0. The lowest BCUT2D eigenvalue weighted by Gasteiger charge is -1.92. The number of hydrogen-bond acceptors (Lipinski definition) is 1. The molecule has 9 heavy (non-hydrogen) atoms. The highest BCUT2D eigenvalue weighted by atomic mass is 79.9. The number of halogens is 3. The van der Waals surface area contributed by atoms with E-state index in [1.54, 1.807) is 6.20 Å². The number of aromatic nitrogens is 1. The van der Waals surface area contributed by atoms with Crippen molar-refractivity contribution in [3.8, 4) is 0 Å². The van der Waals surface area contributed by atoms with Gasteiger partial charge in [0.2, 0.25) is 0 Å². The van der Waals surface area contributed by atoms with Crippen LogP contribution in [0.5, 0.6) is 0 Å². The molecule has 0 radical (unpaired) electrons. The first-order chi connectivity index (χ1) is 4.20. The fraction of sp³-hybridized carbons (Fsp3) is 0. The predicted octanol–water partition coefficient (Wildman–Crippen LogP) is 3.37. The summed E-state index contributed by atoms with van der Waals surface area (Å²) in [7, 11) is 0. The molecule has 0 saturated heterocycles. The molecule has 0 fully saturated rings. The van der Waals surface area contributed by atoms with Gasteiger partial charge in [0.1, 0.15) is 4.60 Å². The van der Waals surface area contributed by atoms with E-state index in [0.29, 0.717) is 0 Å². The summed E-state index contributed by atoms with van der Waals surface area (Å²) < 4.78 is 2.80. The summed E-state index contributed by atoms with van der Waals surface area (Å²) >= 11 is 9.86. The number of hydrogen-bond donors (Lipinski definition) is 0. The van der Waals surface area contributed by atoms with E-state index in [2.05, 4.69) is 52.8 Å². The average Bonchev–Trinajstić information content (AvgIpc) is 1.80. The smallest absolute Gasteiger partial charge is 0.107 e. The third kappa shape index (κ3) is 2.02. The Morgan fingerprint density at radius 1 is 1.11 bits per heavy atom. The summed E-state index contributed by atoms with van der Waals surface area (Å²) in [4.78, 5) is 3.98. The Labute approximate surface area is 78.3 Å². The van der Waals surface area contributed by atoms with Crippen LogP contribution < -0.4 is 0 Å². The van der Waals surface area contributed by atoms with Gasteiger partial charge < -0.3 is 0 Å². The van der Waals surface area contributed by atoms with Crippen LogP contribution in [0.25, 0.3) is 0 Å². The van der Waals surface area contributed by atoms with E-state index < -0.39 is 0 Å². The van der Waals surface area contributed by atoms with Gasteiger partial charge in [0.15, 0.2) is 0 Å². The zero-order chi connectivity index (χ0) is 6.85. The third-order valence-electron chi connectivity index (χ3n) is 0.775. The molecule has 1 nitrogen and oxygen atoms in total. The van der Waals surface area contributed by atoms with Gasteiger partial charge in [0, 0.05) is 10.7 Å². The van der Waals surface area contributed by atoms with Crippen molar-refractivity contribution in [1.82, 2.24) is 4.98 Å². The number of nitrogens with zero attached hydrogens (tertiary/aromatic N) is 1. The molecule has 48 valence electrons. The second-order valence-electron chi connectivity index (χ2n) is 1.42. The van der Waals surface area contributed by atoms with Gasteiger partial charge in [-0.15, -0.1) is 0 Å². The van der Waals surface area contributed by atoms with E-state index in [1.807, 2.05) is 6.07 Å².